The molecule has 0 aliphatic carbocycles. The fraction of sp³-hybridized carbons (Fsp3) is 0.333. The van der Waals surface area contributed by atoms with Crippen molar-refractivity contribution in [2.75, 3.05) is 17.2 Å². The molecule has 2 aromatic heterocycles. The normalized spacial score (nSPS) is 20.3. The van der Waals surface area contributed by atoms with Crippen LogP contribution in [0, 0.1) is 0 Å². The van der Waals surface area contributed by atoms with Crippen molar-refractivity contribution in [2.45, 2.75) is 16.6 Å². The minimum absolute atomic E-state index is 0.108. The number of fused-ring (bicyclic) bond motifs is 1. The maximum Gasteiger partial charge on any atom is 0.352 e. The summed E-state index contributed by atoms with van der Waals surface area (Å²) in [5.74, 6) is -3.15. The number of nitrogens with two attached hydrogens (primary N) is 1. The Morgan fingerprint density at radius 2 is 2.19 bits per heavy atom. The molecule has 13 nitrogen and oxygen atoms in total. The Morgan fingerprint density at radius 1 is 1.42 bits per heavy atom. The number of ketones is 1. The van der Waals surface area contributed by atoms with Crippen LogP contribution in [0.4, 0.5) is 5.13 Å². The number of aliphatic carboxylic acids is 1. The summed E-state index contributed by atoms with van der Waals surface area (Å²) in [5, 5.41) is 24.5. The molecule has 0 bridgehead atoms. The molecule has 2 atom stereocenters. The zero-order chi connectivity index (χ0) is 22.3. The van der Waals surface area contributed by atoms with E-state index in [1.807, 2.05) is 0 Å². The third kappa shape index (κ3) is 3.88. The Labute approximate surface area is 186 Å². The average Bonchev–Trinajstić information content (AvgIpc) is 3.36. The lowest BCUT2D eigenvalue weighted by atomic mass is 10.0. The summed E-state index contributed by atoms with van der Waals surface area (Å²) >= 11 is 3.57. The van der Waals surface area contributed by atoms with Gasteiger partial charge in [0, 0.05) is 23.9 Å². The highest BCUT2D eigenvalue weighted by molar-refractivity contribution is 8.01. The molecule has 2 aliphatic rings. The third-order valence-electron chi connectivity index (χ3n) is 4.45. The number of nitrogen functional groups attached to an aromatic ring is 1. The van der Waals surface area contributed by atoms with Gasteiger partial charge in [0.1, 0.15) is 22.8 Å². The Balaban J connectivity index is 1.47. The first-order valence-corrected chi connectivity index (χ1v) is 11.5. The molecule has 0 aromatic carbocycles. The number of rotatable bonds is 7. The second-order valence-corrected chi connectivity index (χ2v) is 9.33. The van der Waals surface area contributed by atoms with Crippen LogP contribution < -0.4 is 11.1 Å². The lowest BCUT2D eigenvalue weighted by molar-refractivity contribution is -0.150. The SMILES string of the molecule is Cn1nnnc1SCC1=C(C(=O)O)N2C(=O)C(NC(=O)C(=O)c3csc(N)n3)C2SC1. The number of nitrogens with zero attached hydrogens (tertiary/aromatic N) is 6. The molecule has 16 heteroatoms. The third-order valence-corrected chi connectivity index (χ3v) is 7.56. The first-order valence-electron chi connectivity index (χ1n) is 8.59. The van der Waals surface area contributed by atoms with Gasteiger partial charge in [-0.2, -0.15) is 0 Å². The van der Waals surface area contributed by atoms with Crippen LogP contribution in [0.25, 0.3) is 0 Å². The number of aromatic nitrogens is 5. The number of carboxylic acid groups (broad SMARTS) is 1. The number of thiazole rings is 1. The summed E-state index contributed by atoms with van der Waals surface area (Å²) < 4.78 is 1.46. The summed E-state index contributed by atoms with van der Waals surface area (Å²) in [6.45, 7) is 0. The number of Topliss-reactive ketones (excluding diaryl/α,β-unsaturated/α-hetero) is 1. The summed E-state index contributed by atoms with van der Waals surface area (Å²) in [6, 6.07) is -1.01. The van der Waals surface area contributed by atoms with Gasteiger partial charge in [0.05, 0.1) is 0 Å². The minimum Gasteiger partial charge on any atom is -0.477 e. The summed E-state index contributed by atoms with van der Waals surface area (Å²) in [6.07, 6.45) is 0. The van der Waals surface area contributed by atoms with Gasteiger partial charge < -0.3 is 16.2 Å². The van der Waals surface area contributed by atoms with E-state index in [2.05, 4.69) is 25.8 Å². The highest BCUT2D eigenvalue weighted by atomic mass is 32.2. The molecule has 0 radical (unpaired) electrons. The van der Waals surface area contributed by atoms with Crippen LogP contribution in [0.15, 0.2) is 21.8 Å². The molecule has 2 amide bonds. The molecule has 0 saturated carbocycles. The number of β-lactam (4-membered cyclic amide) rings is 1. The van der Waals surface area contributed by atoms with Crippen molar-refractivity contribution in [3.63, 3.8) is 0 Å². The van der Waals surface area contributed by atoms with E-state index in [-0.39, 0.29) is 22.3 Å². The first-order chi connectivity index (χ1) is 14.8. The molecular weight excluding hydrogens is 468 g/mol. The van der Waals surface area contributed by atoms with Crippen molar-refractivity contribution in [3.8, 4) is 0 Å². The fourth-order valence-corrected chi connectivity index (χ4v) is 5.88. The van der Waals surface area contributed by atoms with Crippen molar-refractivity contribution >= 4 is 63.6 Å². The van der Waals surface area contributed by atoms with E-state index in [0.29, 0.717) is 16.5 Å². The van der Waals surface area contributed by atoms with Gasteiger partial charge in [0.15, 0.2) is 5.13 Å². The van der Waals surface area contributed by atoms with Gasteiger partial charge in [-0.1, -0.05) is 11.8 Å². The number of carbonyl (C=O) groups excluding carboxylic acids is 3. The predicted octanol–water partition coefficient (Wildman–Crippen LogP) is -1.04. The quantitative estimate of drug-likeness (QED) is 0.189. The molecule has 4 N–H and O–H groups in total. The number of carboxylic acids is 1. The van der Waals surface area contributed by atoms with E-state index in [1.54, 1.807) is 7.05 Å². The van der Waals surface area contributed by atoms with E-state index in [4.69, 9.17) is 5.73 Å². The van der Waals surface area contributed by atoms with Crippen LogP contribution >= 0.6 is 34.9 Å². The van der Waals surface area contributed by atoms with Crippen molar-refractivity contribution < 1.29 is 24.3 Å². The van der Waals surface area contributed by atoms with E-state index in [1.165, 1.54) is 33.6 Å². The topological polar surface area (TPSA) is 186 Å². The van der Waals surface area contributed by atoms with Crippen LogP contribution in [-0.2, 0) is 21.4 Å². The number of carbonyl (C=O) groups is 4. The molecule has 1 fully saturated rings. The van der Waals surface area contributed by atoms with E-state index >= 15 is 0 Å². The molecule has 162 valence electrons. The van der Waals surface area contributed by atoms with Gasteiger partial charge in [0.2, 0.25) is 5.16 Å². The van der Waals surface area contributed by atoms with E-state index in [9.17, 15) is 24.3 Å². The number of tetrazole rings is 1. The highest BCUT2D eigenvalue weighted by Gasteiger charge is 2.54. The Bertz CT molecular complexity index is 1130. The molecular formula is C15H14N8O5S3. The van der Waals surface area contributed by atoms with Crippen LogP contribution in [0.2, 0.25) is 0 Å². The first kappa shape index (κ1) is 21.3. The molecule has 4 rings (SSSR count). The summed E-state index contributed by atoms with van der Waals surface area (Å²) in [5.41, 5.74) is 5.77. The van der Waals surface area contributed by atoms with Crippen molar-refractivity contribution in [3.05, 3.63) is 22.3 Å². The van der Waals surface area contributed by atoms with Crippen LogP contribution in [0.3, 0.4) is 0 Å². The van der Waals surface area contributed by atoms with E-state index in [0.717, 1.165) is 16.2 Å². The van der Waals surface area contributed by atoms with Gasteiger partial charge >= 0.3 is 5.97 Å². The van der Waals surface area contributed by atoms with Gasteiger partial charge in [0.25, 0.3) is 17.6 Å². The molecule has 1 saturated heterocycles. The molecule has 2 aromatic rings. The zero-order valence-corrected chi connectivity index (χ0v) is 18.2. The van der Waals surface area contributed by atoms with Crippen LogP contribution in [0.5, 0.6) is 0 Å². The van der Waals surface area contributed by atoms with Crippen molar-refractivity contribution in [1.29, 1.82) is 0 Å². The Kier molecular flexibility index (Phi) is 5.67. The van der Waals surface area contributed by atoms with Crippen LogP contribution in [0.1, 0.15) is 10.5 Å². The number of nitrogens with one attached hydrogen (secondary N) is 1. The lowest BCUT2D eigenvalue weighted by Gasteiger charge is -2.49. The summed E-state index contributed by atoms with van der Waals surface area (Å²) in [7, 11) is 1.66. The highest BCUT2D eigenvalue weighted by Crippen LogP contribution is 2.41. The second-order valence-electron chi connectivity index (χ2n) is 6.39. The van der Waals surface area contributed by atoms with Crippen molar-refractivity contribution in [1.82, 2.24) is 35.4 Å². The number of thioether (sulfide) groups is 2. The van der Waals surface area contributed by atoms with E-state index < -0.39 is 35.0 Å². The number of anilines is 1. The summed E-state index contributed by atoms with van der Waals surface area (Å²) in [4.78, 5) is 53.8. The molecule has 31 heavy (non-hydrogen) atoms. The smallest absolute Gasteiger partial charge is 0.352 e. The van der Waals surface area contributed by atoms with Crippen molar-refractivity contribution in [2.24, 2.45) is 7.05 Å². The number of amides is 2. The van der Waals surface area contributed by atoms with Gasteiger partial charge in [-0.05, 0) is 16.0 Å². The minimum atomic E-state index is -1.25. The number of hydrogen-bond donors (Lipinski definition) is 3. The lowest BCUT2D eigenvalue weighted by Crippen LogP contribution is -2.71. The molecule has 0 spiro atoms. The zero-order valence-electron chi connectivity index (χ0n) is 15.7. The largest absolute Gasteiger partial charge is 0.477 e. The molecule has 2 unspecified atom stereocenters. The maximum absolute atomic E-state index is 12.7. The van der Waals surface area contributed by atoms with Gasteiger partial charge in [-0.15, -0.1) is 28.2 Å². The fourth-order valence-electron chi connectivity index (χ4n) is 3.00. The Morgan fingerprint density at radius 3 is 2.81 bits per heavy atom. The molecule has 2 aliphatic heterocycles. The Hall–Kier alpha value is -2.98. The average molecular weight is 483 g/mol. The van der Waals surface area contributed by atoms with Gasteiger partial charge in [-0.3, -0.25) is 19.3 Å². The second kappa shape index (κ2) is 8.27. The number of hydrogen-bond acceptors (Lipinski definition) is 12. The molecule has 4 heterocycles. The predicted molar refractivity (Wildman–Crippen MR) is 110 cm³/mol. The maximum atomic E-state index is 12.7. The van der Waals surface area contributed by atoms with Gasteiger partial charge in [-0.25, -0.2) is 14.5 Å². The standard InChI is InChI=1S/C15H14N8O5S3/c1-22-15(19-20-21-22)31-3-5-2-29-12-7(11(26)23(12)8(5)13(27)28)18-10(25)9(24)6-4-30-14(16)17-6/h4,7,12H,2-3H2,1H3,(H2,16,17)(H,18,25)(H,27,28). The monoisotopic (exact) mass is 482 g/mol. The van der Waals surface area contributed by atoms with Crippen LogP contribution in [-0.4, -0.2) is 81.7 Å². The number of aryl methyl sites for hydroxylation is 1.